The molecule has 0 radical (unpaired) electrons. The lowest BCUT2D eigenvalue weighted by atomic mass is 9.93. The summed E-state index contributed by atoms with van der Waals surface area (Å²) >= 11 is 0. The van der Waals surface area contributed by atoms with Gasteiger partial charge in [0.1, 0.15) is 12.4 Å². The van der Waals surface area contributed by atoms with Crippen molar-refractivity contribution in [3.63, 3.8) is 0 Å². The largest absolute Gasteiger partial charge is 0.489 e. The minimum Gasteiger partial charge on any atom is -0.489 e. The zero-order valence-electron chi connectivity index (χ0n) is 12.3. The van der Waals surface area contributed by atoms with Gasteiger partial charge in [0.15, 0.2) is 0 Å². The molecule has 2 heteroatoms. The van der Waals surface area contributed by atoms with Gasteiger partial charge in [0.25, 0.3) is 0 Å². The van der Waals surface area contributed by atoms with Crippen LogP contribution in [0, 0.1) is 5.92 Å². The maximum atomic E-state index is 6.27. The van der Waals surface area contributed by atoms with Gasteiger partial charge in [-0.2, -0.15) is 0 Å². The average molecular weight is 269 g/mol. The first-order valence-corrected chi connectivity index (χ1v) is 7.23. The molecular weight excluding hydrogens is 246 g/mol. The SMILES string of the molecule is CCC(C)C(N)c1cccc(OCc2ccccc2)c1. The molecule has 2 N–H and O–H groups in total. The Morgan fingerprint density at radius 1 is 1.05 bits per heavy atom. The Hall–Kier alpha value is -1.80. The van der Waals surface area contributed by atoms with Crippen LogP contribution in [0.2, 0.25) is 0 Å². The molecule has 2 rings (SSSR count). The zero-order chi connectivity index (χ0) is 14.4. The van der Waals surface area contributed by atoms with E-state index in [-0.39, 0.29) is 6.04 Å². The van der Waals surface area contributed by atoms with Gasteiger partial charge in [-0.3, -0.25) is 0 Å². The van der Waals surface area contributed by atoms with Gasteiger partial charge in [0.2, 0.25) is 0 Å². The number of nitrogens with two attached hydrogens (primary N) is 1. The van der Waals surface area contributed by atoms with Crippen LogP contribution in [0.5, 0.6) is 5.75 Å². The van der Waals surface area contributed by atoms with Crippen LogP contribution >= 0.6 is 0 Å². The van der Waals surface area contributed by atoms with Crippen molar-refractivity contribution in [2.75, 3.05) is 0 Å². The number of benzene rings is 2. The van der Waals surface area contributed by atoms with E-state index in [0.717, 1.165) is 17.7 Å². The second-order valence-electron chi connectivity index (χ2n) is 5.26. The lowest BCUT2D eigenvalue weighted by Gasteiger charge is -2.19. The Morgan fingerprint density at radius 2 is 1.80 bits per heavy atom. The highest BCUT2D eigenvalue weighted by molar-refractivity contribution is 5.31. The normalized spacial score (nSPS) is 13.8. The van der Waals surface area contributed by atoms with Crippen LogP contribution in [0.25, 0.3) is 0 Å². The summed E-state index contributed by atoms with van der Waals surface area (Å²) in [4.78, 5) is 0. The molecule has 2 aromatic carbocycles. The topological polar surface area (TPSA) is 35.2 Å². The van der Waals surface area contributed by atoms with Crippen molar-refractivity contribution >= 4 is 0 Å². The van der Waals surface area contributed by atoms with Crippen molar-refractivity contribution in [3.8, 4) is 5.75 Å². The van der Waals surface area contributed by atoms with Crippen molar-refractivity contribution < 1.29 is 4.74 Å². The fourth-order valence-corrected chi connectivity index (χ4v) is 2.14. The van der Waals surface area contributed by atoms with Crippen molar-refractivity contribution in [2.45, 2.75) is 32.9 Å². The van der Waals surface area contributed by atoms with Crippen molar-refractivity contribution in [2.24, 2.45) is 11.7 Å². The van der Waals surface area contributed by atoms with E-state index in [2.05, 4.69) is 38.1 Å². The third-order valence-electron chi connectivity index (χ3n) is 3.75. The summed E-state index contributed by atoms with van der Waals surface area (Å²) in [6.07, 6.45) is 1.08. The Bertz CT molecular complexity index is 524. The van der Waals surface area contributed by atoms with Crippen molar-refractivity contribution in [1.29, 1.82) is 0 Å². The Balaban J connectivity index is 2.03. The van der Waals surface area contributed by atoms with Crippen LogP contribution in [0.4, 0.5) is 0 Å². The van der Waals surface area contributed by atoms with E-state index in [0.29, 0.717) is 12.5 Å². The molecule has 0 aromatic heterocycles. The predicted octanol–water partition coefficient (Wildman–Crippen LogP) is 4.31. The molecule has 20 heavy (non-hydrogen) atoms. The average Bonchev–Trinajstić information content (AvgIpc) is 2.52. The molecule has 106 valence electrons. The summed E-state index contributed by atoms with van der Waals surface area (Å²) in [5, 5.41) is 0. The highest BCUT2D eigenvalue weighted by Gasteiger charge is 2.13. The van der Waals surface area contributed by atoms with Crippen LogP contribution in [-0.2, 0) is 6.61 Å². The number of hydrogen-bond donors (Lipinski definition) is 1. The molecule has 0 heterocycles. The summed E-state index contributed by atoms with van der Waals surface area (Å²) in [5.41, 5.74) is 8.58. The van der Waals surface area contributed by atoms with E-state index in [1.54, 1.807) is 0 Å². The first-order chi connectivity index (χ1) is 9.70. The lowest BCUT2D eigenvalue weighted by Crippen LogP contribution is -2.18. The van der Waals surface area contributed by atoms with Gasteiger partial charge < -0.3 is 10.5 Å². The predicted molar refractivity (Wildman–Crippen MR) is 83.6 cm³/mol. The number of hydrogen-bond acceptors (Lipinski definition) is 2. The second kappa shape index (κ2) is 7.11. The number of ether oxygens (including phenoxy) is 1. The summed E-state index contributed by atoms with van der Waals surface area (Å²) < 4.78 is 5.84. The minimum absolute atomic E-state index is 0.0697. The molecule has 0 aliphatic carbocycles. The molecule has 2 atom stereocenters. The van der Waals surface area contributed by atoms with E-state index in [1.807, 2.05) is 30.3 Å². The second-order valence-corrected chi connectivity index (χ2v) is 5.26. The van der Waals surface area contributed by atoms with Gasteiger partial charge in [-0.15, -0.1) is 0 Å². The van der Waals surface area contributed by atoms with E-state index >= 15 is 0 Å². The fraction of sp³-hybridized carbons (Fsp3) is 0.333. The zero-order valence-corrected chi connectivity index (χ0v) is 12.3. The van der Waals surface area contributed by atoms with Crippen LogP contribution in [0.1, 0.15) is 37.4 Å². The van der Waals surface area contributed by atoms with E-state index < -0.39 is 0 Å². The van der Waals surface area contributed by atoms with Crippen LogP contribution < -0.4 is 10.5 Å². The van der Waals surface area contributed by atoms with Gasteiger partial charge in [-0.05, 0) is 29.2 Å². The molecule has 0 aliphatic rings. The molecule has 2 unspecified atom stereocenters. The summed E-state index contributed by atoms with van der Waals surface area (Å²) in [6, 6.07) is 18.4. The fourth-order valence-electron chi connectivity index (χ4n) is 2.14. The maximum Gasteiger partial charge on any atom is 0.120 e. The molecule has 0 amide bonds. The molecular formula is C18H23NO. The van der Waals surface area contributed by atoms with Gasteiger partial charge in [-0.25, -0.2) is 0 Å². The molecule has 0 spiro atoms. The van der Waals surface area contributed by atoms with E-state index in [4.69, 9.17) is 10.5 Å². The summed E-state index contributed by atoms with van der Waals surface area (Å²) in [5.74, 6) is 1.35. The Labute approximate surface area is 121 Å². The number of rotatable bonds is 6. The van der Waals surface area contributed by atoms with Crippen LogP contribution in [0.15, 0.2) is 54.6 Å². The molecule has 0 saturated heterocycles. The van der Waals surface area contributed by atoms with E-state index in [9.17, 15) is 0 Å². The highest BCUT2D eigenvalue weighted by atomic mass is 16.5. The van der Waals surface area contributed by atoms with Gasteiger partial charge >= 0.3 is 0 Å². The summed E-state index contributed by atoms with van der Waals surface area (Å²) in [6.45, 7) is 4.94. The van der Waals surface area contributed by atoms with Crippen LogP contribution in [0.3, 0.4) is 0 Å². The first kappa shape index (κ1) is 14.6. The highest BCUT2D eigenvalue weighted by Crippen LogP contribution is 2.25. The van der Waals surface area contributed by atoms with Gasteiger partial charge in [0.05, 0.1) is 0 Å². The molecule has 2 aromatic rings. The van der Waals surface area contributed by atoms with Gasteiger partial charge in [0, 0.05) is 6.04 Å². The molecule has 0 saturated carbocycles. The molecule has 0 aliphatic heterocycles. The molecule has 0 bridgehead atoms. The van der Waals surface area contributed by atoms with Crippen molar-refractivity contribution in [3.05, 3.63) is 65.7 Å². The Morgan fingerprint density at radius 3 is 2.50 bits per heavy atom. The third-order valence-corrected chi connectivity index (χ3v) is 3.75. The van der Waals surface area contributed by atoms with E-state index in [1.165, 1.54) is 5.56 Å². The first-order valence-electron chi connectivity index (χ1n) is 7.23. The summed E-state index contributed by atoms with van der Waals surface area (Å²) in [7, 11) is 0. The third kappa shape index (κ3) is 3.84. The minimum atomic E-state index is 0.0697. The monoisotopic (exact) mass is 269 g/mol. The molecule has 0 fully saturated rings. The lowest BCUT2D eigenvalue weighted by molar-refractivity contribution is 0.305. The quantitative estimate of drug-likeness (QED) is 0.848. The van der Waals surface area contributed by atoms with Gasteiger partial charge in [-0.1, -0.05) is 62.7 Å². The Kier molecular flexibility index (Phi) is 5.19. The maximum absolute atomic E-state index is 6.27. The van der Waals surface area contributed by atoms with Crippen molar-refractivity contribution in [1.82, 2.24) is 0 Å². The standard InChI is InChI=1S/C18H23NO/c1-3-14(2)18(19)16-10-7-11-17(12-16)20-13-15-8-5-4-6-9-15/h4-12,14,18H,3,13,19H2,1-2H3. The molecule has 2 nitrogen and oxygen atoms in total. The van der Waals surface area contributed by atoms with Crippen LogP contribution in [-0.4, -0.2) is 0 Å². The smallest absolute Gasteiger partial charge is 0.120 e.